The van der Waals surface area contributed by atoms with E-state index in [9.17, 15) is 4.39 Å². The quantitative estimate of drug-likeness (QED) is 0.118. The van der Waals surface area contributed by atoms with Crippen molar-refractivity contribution in [3.63, 3.8) is 0 Å². The van der Waals surface area contributed by atoms with Gasteiger partial charge in [-0.1, -0.05) is 159 Å². The second-order valence-corrected chi connectivity index (χ2v) is 26.7. The monoisotopic (exact) mass is 1100 g/mol. The van der Waals surface area contributed by atoms with E-state index in [-0.39, 0.29) is 48.6 Å². The van der Waals surface area contributed by atoms with Crippen LogP contribution in [-0.4, -0.2) is 27.6 Å². The molecule has 69 heavy (non-hydrogen) atoms. The minimum absolute atomic E-state index is 0. The molecule has 0 fully saturated rings. The summed E-state index contributed by atoms with van der Waals surface area (Å²) < 4.78 is 22.3. The van der Waals surface area contributed by atoms with Crippen LogP contribution in [0.3, 0.4) is 0 Å². The van der Waals surface area contributed by atoms with Gasteiger partial charge in [0.2, 0.25) is 0 Å². The maximum absolute atomic E-state index is 12.8. The van der Waals surface area contributed by atoms with Gasteiger partial charge in [-0.2, -0.15) is 0 Å². The Hall–Kier alpha value is -6.05. The van der Waals surface area contributed by atoms with Crippen LogP contribution in [-0.2, 0) is 30.9 Å². The number of furan rings is 1. The average molecular weight is 1100 g/mol. The number of rotatable bonds is 7. The third kappa shape index (κ3) is 8.59. The maximum atomic E-state index is 12.8. The van der Waals surface area contributed by atoms with Crippen molar-refractivity contribution in [3.8, 4) is 39.6 Å². The van der Waals surface area contributed by atoms with Crippen molar-refractivity contribution in [2.24, 2.45) is 0 Å². The fourth-order valence-electron chi connectivity index (χ4n) is 10.7. The molecule has 11 rings (SSSR count). The van der Waals surface area contributed by atoms with Crippen LogP contribution in [0.5, 0.6) is 0 Å². The Balaban J connectivity index is 0.000000279. The molecular weight excluding hydrogens is 1040 g/mol. The van der Waals surface area contributed by atoms with Gasteiger partial charge in [0.1, 0.15) is 5.58 Å². The van der Waals surface area contributed by atoms with Crippen molar-refractivity contribution in [3.05, 3.63) is 174 Å². The van der Waals surface area contributed by atoms with Crippen LogP contribution in [0.25, 0.3) is 83.3 Å². The predicted molar refractivity (Wildman–Crippen MR) is 284 cm³/mol. The smallest absolute Gasteiger partial charge is 0.124 e. The first-order valence-electron chi connectivity index (χ1n) is 24.0. The molecule has 0 bridgehead atoms. The Labute approximate surface area is 420 Å². The average Bonchev–Trinajstić information content (AvgIpc) is 3.95. The number of hydrogen-bond acceptors (Lipinski definition) is 4. The topological polar surface area (TPSA) is 56.7 Å². The van der Waals surface area contributed by atoms with Crippen molar-refractivity contribution in [1.29, 1.82) is 0 Å². The van der Waals surface area contributed by atoms with E-state index in [1.807, 2.05) is 12.4 Å². The molecular formula is C61H59FIrN4OSi-2. The van der Waals surface area contributed by atoms with Gasteiger partial charge in [-0.25, -0.2) is 0 Å². The number of fused-ring (bicyclic) bond motifs is 8. The minimum Gasteiger partial charge on any atom is -0.500 e. The molecule has 1 aliphatic rings. The van der Waals surface area contributed by atoms with Crippen LogP contribution in [0.15, 0.2) is 138 Å². The van der Waals surface area contributed by atoms with E-state index in [4.69, 9.17) is 9.40 Å². The normalized spacial score (nSPS) is 14.1. The fourth-order valence-corrected chi connectivity index (χ4v) is 11.6. The van der Waals surface area contributed by atoms with E-state index in [1.54, 1.807) is 6.07 Å². The van der Waals surface area contributed by atoms with E-state index in [0.717, 1.165) is 50.8 Å². The van der Waals surface area contributed by atoms with Crippen molar-refractivity contribution in [1.82, 2.24) is 19.5 Å². The van der Waals surface area contributed by atoms with Gasteiger partial charge in [-0.3, -0.25) is 19.3 Å². The third-order valence-electron chi connectivity index (χ3n) is 13.9. The molecule has 351 valence electrons. The number of aromatic nitrogens is 4. The van der Waals surface area contributed by atoms with Gasteiger partial charge in [0.05, 0.1) is 36.3 Å². The van der Waals surface area contributed by atoms with E-state index >= 15 is 0 Å². The summed E-state index contributed by atoms with van der Waals surface area (Å²) >= 11 is 0. The van der Waals surface area contributed by atoms with Crippen LogP contribution in [0.4, 0.5) is 4.39 Å². The van der Waals surface area contributed by atoms with Crippen molar-refractivity contribution in [2.75, 3.05) is 0 Å². The molecule has 3 aromatic heterocycles. The minimum atomic E-state index is -1.36. The zero-order chi connectivity index (χ0) is 47.9. The number of halogens is 1. The predicted octanol–water partition coefficient (Wildman–Crippen LogP) is 16.0. The van der Waals surface area contributed by atoms with Gasteiger partial charge in [-0.05, 0) is 85.7 Å². The van der Waals surface area contributed by atoms with Crippen LogP contribution < -0.4 is 5.19 Å². The molecule has 0 aliphatic heterocycles. The molecule has 0 N–H and O–H groups in total. The second kappa shape index (κ2) is 18.0. The zero-order valence-electron chi connectivity index (χ0n) is 41.5. The van der Waals surface area contributed by atoms with Crippen LogP contribution in [0.2, 0.25) is 19.6 Å². The molecule has 1 aliphatic carbocycles. The van der Waals surface area contributed by atoms with Gasteiger partial charge in [0.25, 0.3) is 0 Å². The first-order chi connectivity index (χ1) is 32.4. The second-order valence-electron chi connectivity index (χ2n) is 21.6. The Kier molecular flexibility index (Phi) is 12.5. The standard InChI is InChI=1S/C48H45N2O.C13H14FN2Si.Ir/c1-28(2)37-25-32(30-15-10-9-11-16-30)26-38(29(3)4)42(37)50-43-33-18-13-12-17-31(33)21-24-40(43)49-46(50)36-20-14-19-34-35-22-23-39-41(45(35)51-44(34)36)48(7,8)27-47(39,5)6;1-17(2,3)12-8-15-13(16-9-12)10-4-6-11(14)7-5-10;/h9-19,21-26,28-29H,27H2,1-8H3;4,6-9H,1-3H3;/q2*-1;. The number of nitrogens with zero attached hydrogens (tertiary/aromatic N) is 4. The molecule has 0 unspecified atom stereocenters. The summed E-state index contributed by atoms with van der Waals surface area (Å²) in [7, 11) is -1.36. The summed E-state index contributed by atoms with van der Waals surface area (Å²) in [6.45, 7) is 25.4. The molecule has 10 aromatic rings. The molecule has 0 atom stereocenters. The SMILES string of the molecule is CC(C)c1cc(-c2ccccc2)cc(C(C)C)c1-n1c(-c2[c-]ccc3c2oc2c4c(ccc23)C(C)(C)CC4(C)C)nc2ccc3ccccc3c21.C[Si](C)(C)c1cnc(-c2[c-]cc(F)cc2)nc1.[Ir]. The maximum Gasteiger partial charge on any atom is 0.124 e. The number of hydrogen-bond donors (Lipinski definition) is 0. The first kappa shape index (κ1) is 48.0. The van der Waals surface area contributed by atoms with E-state index in [1.165, 1.54) is 67.2 Å². The van der Waals surface area contributed by atoms with E-state index in [0.29, 0.717) is 11.4 Å². The summed E-state index contributed by atoms with van der Waals surface area (Å²) in [5.41, 5.74) is 14.6. The van der Waals surface area contributed by atoms with Gasteiger partial charge >= 0.3 is 0 Å². The van der Waals surface area contributed by atoms with Gasteiger partial charge in [-0.15, -0.1) is 48.0 Å². The zero-order valence-corrected chi connectivity index (χ0v) is 44.9. The first-order valence-corrected chi connectivity index (χ1v) is 27.5. The van der Waals surface area contributed by atoms with Crippen molar-refractivity contribution >= 4 is 57.0 Å². The number of benzene rings is 7. The summed E-state index contributed by atoms with van der Waals surface area (Å²) in [6, 6.07) is 48.3. The fraction of sp³-hybridized carbons (Fsp3) is 0.262. The van der Waals surface area contributed by atoms with E-state index in [2.05, 4.69) is 205 Å². The summed E-state index contributed by atoms with van der Waals surface area (Å²) in [5.74, 6) is 1.68. The van der Waals surface area contributed by atoms with Gasteiger partial charge in [0.15, 0.2) is 0 Å². The third-order valence-corrected chi connectivity index (χ3v) is 15.9. The van der Waals surface area contributed by atoms with Crippen LogP contribution in [0.1, 0.15) is 95.9 Å². The van der Waals surface area contributed by atoms with Crippen LogP contribution in [0, 0.1) is 17.9 Å². The summed E-state index contributed by atoms with van der Waals surface area (Å²) in [6.07, 6.45) is 4.82. The molecule has 1 radical (unpaired) electrons. The Morgan fingerprint density at radius 2 is 1.36 bits per heavy atom. The number of imidazole rings is 1. The molecule has 0 saturated carbocycles. The van der Waals surface area contributed by atoms with Gasteiger partial charge in [0, 0.05) is 60.3 Å². The Morgan fingerprint density at radius 1 is 0.696 bits per heavy atom. The van der Waals surface area contributed by atoms with Crippen molar-refractivity contribution in [2.45, 2.75) is 104 Å². The summed E-state index contributed by atoms with van der Waals surface area (Å²) in [5, 5.41) is 5.86. The largest absolute Gasteiger partial charge is 0.500 e. The molecule has 3 heterocycles. The Morgan fingerprint density at radius 3 is 2.01 bits per heavy atom. The molecule has 7 aromatic carbocycles. The molecule has 0 spiro atoms. The molecule has 8 heteroatoms. The summed E-state index contributed by atoms with van der Waals surface area (Å²) in [4.78, 5) is 14.1. The van der Waals surface area contributed by atoms with Gasteiger partial charge < -0.3 is 8.98 Å². The van der Waals surface area contributed by atoms with Crippen molar-refractivity contribution < 1.29 is 28.9 Å². The van der Waals surface area contributed by atoms with Crippen LogP contribution >= 0.6 is 0 Å². The molecule has 5 nitrogen and oxygen atoms in total. The Bertz CT molecular complexity index is 3500. The molecule has 0 amide bonds. The molecule has 0 saturated heterocycles. The van der Waals surface area contributed by atoms with E-state index < -0.39 is 8.07 Å².